The Labute approximate surface area is 113 Å². The summed E-state index contributed by atoms with van der Waals surface area (Å²) in [4.78, 5) is 11.9. The third-order valence-electron chi connectivity index (χ3n) is 2.43. The Balaban J connectivity index is 2.20. The highest BCUT2D eigenvalue weighted by Gasteiger charge is 2.10. The van der Waals surface area contributed by atoms with Gasteiger partial charge in [-0.2, -0.15) is 0 Å². The van der Waals surface area contributed by atoms with Gasteiger partial charge in [-0.1, -0.05) is 0 Å². The Kier molecular flexibility index (Phi) is 3.63. The van der Waals surface area contributed by atoms with Crippen molar-refractivity contribution in [1.82, 2.24) is 9.97 Å². The zero-order valence-electron chi connectivity index (χ0n) is 9.64. The van der Waals surface area contributed by atoms with Crippen LogP contribution in [-0.2, 0) is 6.54 Å². The highest BCUT2D eigenvalue weighted by molar-refractivity contribution is 9.10. The van der Waals surface area contributed by atoms with Gasteiger partial charge in [-0.15, -0.1) is 11.3 Å². The maximum absolute atomic E-state index is 5.67. The number of hydrogen-bond donors (Lipinski definition) is 1. The zero-order valence-corrected chi connectivity index (χ0v) is 12.0. The molecular weight excluding hydrogens is 300 g/mol. The fourth-order valence-electron chi connectivity index (χ4n) is 1.49. The van der Waals surface area contributed by atoms with Crippen molar-refractivity contribution in [1.29, 1.82) is 0 Å². The molecule has 0 aliphatic carbocycles. The number of rotatable bonds is 3. The van der Waals surface area contributed by atoms with Crippen molar-refractivity contribution in [2.75, 3.05) is 17.7 Å². The minimum Gasteiger partial charge on any atom is -0.397 e. The summed E-state index contributed by atoms with van der Waals surface area (Å²) >= 11 is 5.13. The molecule has 0 radical (unpaired) electrons. The summed E-state index contributed by atoms with van der Waals surface area (Å²) < 4.78 is 0.905. The van der Waals surface area contributed by atoms with Crippen LogP contribution in [0.25, 0.3) is 0 Å². The molecule has 17 heavy (non-hydrogen) atoms. The van der Waals surface area contributed by atoms with Gasteiger partial charge in [0.1, 0.15) is 5.82 Å². The van der Waals surface area contributed by atoms with E-state index >= 15 is 0 Å². The van der Waals surface area contributed by atoms with E-state index in [4.69, 9.17) is 5.73 Å². The molecule has 0 bridgehead atoms. The summed E-state index contributed by atoms with van der Waals surface area (Å²) in [7, 11) is 2.00. The molecular formula is C11H13BrN4S. The molecule has 0 saturated heterocycles. The number of anilines is 2. The normalized spacial score (nSPS) is 10.5. The van der Waals surface area contributed by atoms with Gasteiger partial charge in [-0.05, 0) is 28.9 Å². The average molecular weight is 313 g/mol. The SMILES string of the molecule is Cc1ncsc1CN(C)c1ncc(N)cc1Br. The molecule has 0 aromatic carbocycles. The first kappa shape index (κ1) is 12.3. The van der Waals surface area contributed by atoms with E-state index < -0.39 is 0 Å². The molecule has 6 heteroatoms. The molecule has 2 N–H and O–H groups in total. The van der Waals surface area contributed by atoms with Gasteiger partial charge in [-0.3, -0.25) is 0 Å². The molecule has 2 heterocycles. The number of aryl methyl sites for hydroxylation is 1. The number of thiazole rings is 1. The van der Waals surface area contributed by atoms with Crippen LogP contribution in [-0.4, -0.2) is 17.0 Å². The zero-order chi connectivity index (χ0) is 12.4. The number of aromatic nitrogens is 2. The van der Waals surface area contributed by atoms with Crippen molar-refractivity contribution >= 4 is 38.8 Å². The molecule has 2 rings (SSSR count). The predicted octanol–water partition coefficient (Wildman–Crippen LogP) is 2.83. The summed E-state index contributed by atoms with van der Waals surface area (Å²) in [6.07, 6.45) is 1.66. The number of pyridine rings is 1. The quantitative estimate of drug-likeness (QED) is 0.947. The number of halogens is 1. The van der Waals surface area contributed by atoms with Crippen LogP contribution >= 0.6 is 27.3 Å². The van der Waals surface area contributed by atoms with E-state index in [0.717, 1.165) is 22.5 Å². The standard InChI is InChI=1S/C11H13BrN4S/c1-7-10(17-6-15-7)5-16(2)11-9(12)3-8(13)4-14-11/h3-4,6H,5,13H2,1-2H3. The molecule has 0 atom stereocenters. The van der Waals surface area contributed by atoms with E-state index in [0.29, 0.717) is 5.69 Å². The lowest BCUT2D eigenvalue weighted by atomic mass is 10.3. The van der Waals surface area contributed by atoms with Crippen LogP contribution in [0.2, 0.25) is 0 Å². The molecule has 0 fully saturated rings. The second-order valence-corrected chi connectivity index (χ2v) is 5.58. The summed E-state index contributed by atoms with van der Waals surface area (Å²) in [5, 5.41) is 0. The fraction of sp³-hybridized carbons (Fsp3) is 0.273. The number of nitrogen functional groups attached to an aromatic ring is 1. The van der Waals surface area contributed by atoms with Gasteiger partial charge in [0.15, 0.2) is 0 Å². The van der Waals surface area contributed by atoms with E-state index in [1.165, 1.54) is 4.88 Å². The Morgan fingerprint density at radius 2 is 2.24 bits per heavy atom. The van der Waals surface area contributed by atoms with Crippen LogP contribution < -0.4 is 10.6 Å². The first-order valence-corrected chi connectivity index (χ1v) is 6.76. The highest BCUT2D eigenvalue weighted by Crippen LogP contribution is 2.26. The van der Waals surface area contributed by atoms with Crippen LogP contribution in [0, 0.1) is 6.92 Å². The van der Waals surface area contributed by atoms with E-state index in [1.807, 2.05) is 25.5 Å². The monoisotopic (exact) mass is 312 g/mol. The molecule has 0 amide bonds. The van der Waals surface area contributed by atoms with Gasteiger partial charge in [-0.25, -0.2) is 9.97 Å². The number of hydrogen-bond acceptors (Lipinski definition) is 5. The summed E-state index contributed by atoms with van der Waals surface area (Å²) in [6, 6.07) is 1.86. The molecule has 0 aliphatic heterocycles. The largest absolute Gasteiger partial charge is 0.397 e. The minimum atomic E-state index is 0.656. The molecule has 4 nitrogen and oxygen atoms in total. The molecule has 0 saturated carbocycles. The van der Waals surface area contributed by atoms with Crippen molar-refractivity contribution in [2.45, 2.75) is 13.5 Å². The van der Waals surface area contributed by atoms with Gasteiger partial charge in [0.05, 0.1) is 34.1 Å². The third kappa shape index (κ3) is 2.76. The number of nitrogens with zero attached hydrogens (tertiary/aromatic N) is 3. The Hall–Kier alpha value is -1.14. The minimum absolute atomic E-state index is 0.656. The fourth-order valence-corrected chi connectivity index (χ4v) is 2.99. The van der Waals surface area contributed by atoms with Gasteiger partial charge >= 0.3 is 0 Å². The molecule has 0 unspecified atom stereocenters. The van der Waals surface area contributed by atoms with Crippen molar-refractivity contribution in [3.8, 4) is 0 Å². The van der Waals surface area contributed by atoms with Crippen molar-refractivity contribution in [3.63, 3.8) is 0 Å². The van der Waals surface area contributed by atoms with E-state index in [-0.39, 0.29) is 0 Å². The van der Waals surface area contributed by atoms with Crippen LogP contribution in [0.1, 0.15) is 10.6 Å². The van der Waals surface area contributed by atoms with Crippen LogP contribution in [0.15, 0.2) is 22.2 Å². The summed E-state index contributed by atoms with van der Waals surface area (Å²) in [5.41, 5.74) is 9.27. The van der Waals surface area contributed by atoms with Crippen molar-refractivity contribution in [2.24, 2.45) is 0 Å². The Bertz CT molecular complexity index is 526. The molecule has 0 aliphatic rings. The van der Waals surface area contributed by atoms with Gasteiger partial charge in [0, 0.05) is 11.9 Å². The number of nitrogens with two attached hydrogens (primary N) is 1. The van der Waals surface area contributed by atoms with Gasteiger partial charge in [0.2, 0.25) is 0 Å². The van der Waals surface area contributed by atoms with Crippen LogP contribution in [0.5, 0.6) is 0 Å². The predicted molar refractivity (Wildman–Crippen MR) is 75.3 cm³/mol. The van der Waals surface area contributed by atoms with E-state index in [9.17, 15) is 0 Å². The molecule has 0 spiro atoms. The first-order valence-electron chi connectivity index (χ1n) is 5.09. The second-order valence-electron chi connectivity index (χ2n) is 3.79. The maximum Gasteiger partial charge on any atom is 0.143 e. The van der Waals surface area contributed by atoms with Crippen LogP contribution in [0.3, 0.4) is 0 Å². The lowest BCUT2D eigenvalue weighted by molar-refractivity contribution is 0.898. The molecule has 2 aromatic heterocycles. The van der Waals surface area contributed by atoms with Gasteiger partial charge < -0.3 is 10.6 Å². The van der Waals surface area contributed by atoms with Gasteiger partial charge in [0.25, 0.3) is 0 Å². The lowest BCUT2D eigenvalue weighted by Gasteiger charge is -2.19. The Morgan fingerprint density at radius 1 is 1.47 bits per heavy atom. The second kappa shape index (κ2) is 5.01. The maximum atomic E-state index is 5.67. The Morgan fingerprint density at radius 3 is 2.82 bits per heavy atom. The summed E-state index contributed by atoms with van der Waals surface area (Å²) in [6.45, 7) is 2.82. The third-order valence-corrected chi connectivity index (χ3v) is 3.93. The molecule has 2 aromatic rings. The lowest BCUT2D eigenvalue weighted by Crippen LogP contribution is -2.18. The smallest absolute Gasteiger partial charge is 0.143 e. The van der Waals surface area contributed by atoms with Crippen LogP contribution in [0.4, 0.5) is 11.5 Å². The van der Waals surface area contributed by atoms with Crippen molar-refractivity contribution < 1.29 is 0 Å². The average Bonchev–Trinajstić information content (AvgIpc) is 2.64. The first-order chi connectivity index (χ1) is 8.08. The van der Waals surface area contributed by atoms with Crippen molar-refractivity contribution in [3.05, 3.63) is 32.8 Å². The highest BCUT2D eigenvalue weighted by atomic mass is 79.9. The topological polar surface area (TPSA) is 55.0 Å². The summed E-state index contributed by atoms with van der Waals surface area (Å²) in [5.74, 6) is 0.881. The van der Waals surface area contributed by atoms with E-state index in [2.05, 4.69) is 30.8 Å². The molecule has 90 valence electrons. The van der Waals surface area contributed by atoms with E-state index in [1.54, 1.807) is 17.5 Å².